The lowest BCUT2D eigenvalue weighted by Gasteiger charge is -2.22. The minimum absolute atomic E-state index is 0.0724. The summed E-state index contributed by atoms with van der Waals surface area (Å²) in [5.74, 6) is 2.62. The fourth-order valence-corrected chi connectivity index (χ4v) is 2.95. The van der Waals surface area contributed by atoms with E-state index in [0.717, 1.165) is 29.9 Å². The van der Waals surface area contributed by atoms with E-state index in [1.54, 1.807) is 19.2 Å². The minimum Gasteiger partial charge on any atom is -0.362 e. The summed E-state index contributed by atoms with van der Waals surface area (Å²) in [6, 6.07) is 1.87. The third kappa shape index (κ3) is 3.09. The largest absolute Gasteiger partial charge is 0.362 e. The fraction of sp³-hybridized carbons (Fsp3) is 0.545. The first kappa shape index (κ1) is 12.2. The first-order valence-corrected chi connectivity index (χ1v) is 6.77. The SMILES string of the molecule is Cc1cnc(NC2CCSCC2)c([N+](=O)[O-])c1. The molecule has 1 saturated heterocycles. The van der Waals surface area contributed by atoms with Crippen molar-refractivity contribution in [3.63, 3.8) is 0 Å². The Morgan fingerprint density at radius 2 is 2.24 bits per heavy atom. The Morgan fingerprint density at radius 1 is 1.53 bits per heavy atom. The van der Waals surface area contributed by atoms with Crippen LogP contribution in [0.5, 0.6) is 0 Å². The van der Waals surface area contributed by atoms with Gasteiger partial charge in [0.2, 0.25) is 5.82 Å². The zero-order chi connectivity index (χ0) is 12.3. The van der Waals surface area contributed by atoms with E-state index in [-0.39, 0.29) is 10.6 Å². The van der Waals surface area contributed by atoms with Crippen LogP contribution in [-0.2, 0) is 0 Å². The highest BCUT2D eigenvalue weighted by molar-refractivity contribution is 7.99. The van der Waals surface area contributed by atoms with Crippen molar-refractivity contribution in [2.45, 2.75) is 25.8 Å². The summed E-state index contributed by atoms with van der Waals surface area (Å²) in [5, 5.41) is 14.1. The zero-order valence-electron chi connectivity index (χ0n) is 9.68. The molecule has 1 fully saturated rings. The highest BCUT2D eigenvalue weighted by Crippen LogP contribution is 2.26. The molecule has 6 heteroatoms. The molecule has 0 spiro atoms. The van der Waals surface area contributed by atoms with Crippen LogP contribution in [0.3, 0.4) is 0 Å². The molecule has 92 valence electrons. The molecule has 2 heterocycles. The van der Waals surface area contributed by atoms with Gasteiger partial charge in [-0.15, -0.1) is 0 Å². The molecule has 0 radical (unpaired) electrons. The van der Waals surface area contributed by atoms with Gasteiger partial charge in [0.05, 0.1) is 4.92 Å². The van der Waals surface area contributed by atoms with Gasteiger partial charge in [-0.25, -0.2) is 4.98 Å². The van der Waals surface area contributed by atoms with Crippen molar-refractivity contribution in [2.75, 3.05) is 16.8 Å². The van der Waals surface area contributed by atoms with Gasteiger partial charge in [-0.2, -0.15) is 11.8 Å². The van der Waals surface area contributed by atoms with Crippen LogP contribution in [-0.4, -0.2) is 27.5 Å². The molecule has 0 aromatic carbocycles. The third-order valence-electron chi connectivity index (χ3n) is 2.76. The first-order valence-electron chi connectivity index (χ1n) is 5.62. The Balaban J connectivity index is 2.16. The summed E-state index contributed by atoms with van der Waals surface area (Å²) >= 11 is 1.93. The van der Waals surface area contributed by atoms with Crippen molar-refractivity contribution in [1.82, 2.24) is 4.98 Å². The normalized spacial score (nSPS) is 16.8. The molecular weight excluding hydrogens is 238 g/mol. The molecule has 1 aromatic heterocycles. The average molecular weight is 253 g/mol. The van der Waals surface area contributed by atoms with Gasteiger partial charge in [0.1, 0.15) is 0 Å². The topological polar surface area (TPSA) is 68.1 Å². The molecule has 1 aromatic rings. The van der Waals surface area contributed by atoms with Gasteiger partial charge in [-0.3, -0.25) is 10.1 Å². The Morgan fingerprint density at radius 3 is 2.88 bits per heavy atom. The average Bonchev–Trinajstić information content (AvgIpc) is 2.32. The quantitative estimate of drug-likeness (QED) is 0.662. The summed E-state index contributed by atoms with van der Waals surface area (Å²) in [4.78, 5) is 14.7. The van der Waals surface area contributed by atoms with Crippen LogP contribution < -0.4 is 5.32 Å². The second-order valence-corrected chi connectivity index (χ2v) is 5.39. The summed E-state index contributed by atoms with van der Waals surface area (Å²) in [5.41, 5.74) is 0.879. The maximum absolute atomic E-state index is 10.9. The molecule has 1 aliphatic rings. The van der Waals surface area contributed by atoms with E-state index in [1.165, 1.54) is 0 Å². The molecule has 0 saturated carbocycles. The summed E-state index contributed by atoms with van der Waals surface area (Å²) < 4.78 is 0. The van der Waals surface area contributed by atoms with Gasteiger partial charge in [0, 0.05) is 18.3 Å². The predicted octanol–water partition coefficient (Wildman–Crippen LogP) is 2.61. The van der Waals surface area contributed by atoms with Crippen molar-refractivity contribution >= 4 is 23.3 Å². The molecule has 0 bridgehead atoms. The molecule has 0 atom stereocenters. The minimum atomic E-state index is -0.375. The molecular formula is C11H15N3O2S. The van der Waals surface area contributed by atoms with E-state index in [2.05, 4.69) is 10.3 Å². The van der Waals surface area contributed by atoms with Gasteiger partial charge < -0.3 is 5.32 Å². The zero-order valence-corrected chi connectivity index (χ0v) is 10.5. The number of aromatic nitrogens is 1. The van der Waals surface area contributed by atoms with Crippen LogP contribution in [0.1, 0.15) is 18.4 Å². The van der Waals surface area contributed by atoms with Crippen LogP contribution in [0.2, 0.25) is 0 Å². The number of pyridine rings is 1. The van der Waals surface area contributed by atoms with Crippen LogP contribution in [0.25, 0.3) is 0 Å². The van der Waals surface area contributed by atoms with E-state index in [4.69, 9.17) is 0 Å². The van der Waals surface area contributed by atoms with Crippen molar-refractivity contribution in [3.8, 4) is 0 Å². The van der Waals surface area contributed by atoms with Gasteiger partial charge in [-0.05, 0) is 36.8 Å². The lowest BCUT2D eigenvalue weighted by molar-refractivity contribution is -0.384. The molecule has 0 aliphatic carbocycles. The van der Waals surface area contributed by atoms with E-state index in [0.29, 0.717) is 11.9 Å². The highest BCUT2D eigenvalue weighted by Gasteiger charge is 2.20. The fourth-order valence-electron chi connectivity index (χ4n) is 1.84. The Labute approximate surface area is 104 Å². The molecule has 1 N–H and O–H groups in total. The van der Waals surface area contributed by atoms with Gasteiger partial charge >= 0.3 is 5.69 Å². The van der Waals surface area contributed by atoms with E-state index in [9.17, 15) is 10.1 Å². The van der Waals surface area contributed by atoms with E-state index < -0.39 is 0 Å². The first-order chi connectivity index (χ1) is 8.16. The van der Waals surface area contributed by atoms with Gasteiger partial charge in [0.15, 0.2) is 0 Å². The molecule has 17 heavy (non-hydrogen) atoms. The van der Waals surface area contributed by atoms with E-state index in [1.807, 2.05) is 11.8 Å². The van der Waals surface area contributed by atoms with E-state index >= 15 is 0 Å². The van der Waals surface area contributed by atoms with Crippen molar-refractivity contribution in [1.29, 1.82) is 0 Å². The summed E-state index contributed by atoms with van der Waals surface area (Å²) in [6.07, 6.45) is 3.74. The molecule has 0 amide bonds. The number of anilines is 1. The Hall–Kier alpha value is -1.30. The number of nitro groups is 1. The number of aryl methyl sites for hydroxylation is 1. The third-order valence-corrected chi connectivity index (χ3v) is 3.81. The smallest absolute Gasteiger partial charge is 0.311 e. The number of hydrogen-bond donors (Lipinski definition) is 1. The highest BCUT2D eigenvalue weighted by atomic mass is 32.2. The van der Waals surface area contributed by atoms with Crippen LogP contribution >= 0.6 is 11.8 Å². The standard InChI is InChI=1S/C11H15N3O2S/c1-8-6-10(14(15)16)11(12-7-8)13-9-2-4-17-5-3-9/h6-7,9H,2-5H2,1H3,(H,12,13). The predicted molar refractivity (Wildman–Crippen MR) is 69.6 cm³/mol. The summed E-state index contributed by atoms with van der Waals surface area (Å²) in [6.45, 7) is 1.81. The molecule has 0 unspecified atom stereocenters. The van der Waals surface area contributed by atoms with Crippen LogP contribution in [0.4, 0.5) is 11.5 Å². The molecule has 5 nitrogen and oxygen atoms in total. The Kier molecular flexibility index (Phi) is 3.83. The summed E-state index contributed by atoms with van der Waals surface area (Å²) in [7, 11) is 0. The number of thioether (sulfide) groups is 1. The number of hydrogen-bond acceptors (Lipinski definition) is 5. The van der Waals surface area contributed by atoms with Crippen LogP contribution in [0.15, 0.2) is 12.3 Å². The second kappa shape index (κ2) is 5.35. The van der Waals surface area contributed by atoms with Gasteiger partial charge in [-0.1, -0.05) is 0 Å². The van der Waals surface area contributed by atoms with Crippen molar-refractivity contribution in [2.24, 2.45) is 0 Å². The monoisotopic (exact) mass is 253 g/mol. The molecule has 2 rings (SSSR count). The number of nitrogens with zero attached hydrogens (tertiary/aromatic N) is 2. The van der Waals surface area contributed by atoms with Crippen molar-refractivity contribution < 1.29 is 4.92 Å². The number of rotatable bonds is 3. The Bertz CT molecular complexity index is 419. The van der Waals surface area contributed by atoms with Crippen molar-refractivity contribution in [3.05, 3.63) is 27.9 Å². The second-order valence-electron chi connectivity index (χ2n) is 4.17. The van der Waals surface area contributed by atoms with Crippen LogP contribution in [0, 0.1) is 17.0 Å². The maximum atomic E-state index is 10.9. The maximum Gasteiger partial charge on any atom is 0.311 e. The number of nitrogens with one attached hydrogen (secondary N) is 1. The lowest BCUT2D eigenvalue weighted by Crippen LogP contribution is -2.25. The molecule has 1 aliphatic heterocycles. The lowest BCUT2D eigenvalue weighted by atomic mass is 10.1. The van der Waals surface area contributed by atoms with Gasteiger partial charge in [0.25, 0.3) is 0 Å².